The molecule has 1 N–H and O–H groups in total. The molecule has 2 aromatic rings. The highest BCUT2D eigenvalue weighted by molar-refractivity contribution is 9.10. The Morgan fingerprint density at radius 1 is 1.10 bits per heavy atom. The molecule has 0 unspecified atom stereocenters. The van der Waals surface area contributed by atoms with Crippen molar-refractivity contribution in [2.45, 2.75) is 31.0 Å². The highest BCUT2D eigenvalue weighted by atomic mass is 79.9. The minimum Gasteiger partial charge on any atom is -0.313 e. The van der Waals surface area contributed by atoms with E-state index in [1.54, 1.807) is 0 Å². The third kappa shape index (κ3) is 4.37. The maximum Gasteiger partial charge on any atom is 0.0234 e. The van der Waals surface area contributed by atoms with Crippen molar-refractivity contribution in [1.82, 2.24) is 5.32 Å². The zero-order chi connectivity index (χ0) is 14.4. The first-order valence-corrected chi connectivity index (χ1v) is 8.65. The molecular weight excluding hydrogens is 330 g/mol. The van der Waals surface area contributed by atoms with E-state index < -0.39 is 0 Å². The van der Waals surface area contributed by atoms with Gasteiger partial charge in [0.2, 0.25) is 0 Å². The molecule has 106 valence electrons. The first kappa shape index (κ1) is 15.6. The van der Waals surface area contributed by atoms with Gasteiger partial charge in [-0.2, -0.15) is 0 Å². The number of aryl methyl sites for hydroxylation is 1. The Bertz CT molecular complexity index is 569. The fraction of sp³-hybridized carbons (Fsp3) is 0.294. The molecule has 0 atom stereocenters. The molecule has 0 aromatic heterocycles. The summed E-state index contributed by atoms with van der Waals surface area (Å²) in [4.78, 5) is 1.35. The van der Waals surface area contributed by atoms with Gasteiger partial charge in [0, 0.05) is 21.7 Å². The highest BCUT2D eigenvalue weighted by Crippen LogP contribution is 2.30. The van der Waals surface area contributed by atoms with Crippen LogP contribution in [0, 0.1) is 6.92 Å². The summed E-state index contributed by atoms with van der Waals surface area (Å²) in [5.74, 6) is 1.02. The molecule has 0 bridgehead atoms. The number of rotatable bonds is 6. The standard InChI is InChI=1S/C17H20BrNS/c1-3-19-11-14-8-9-16(18)10-17(14)20-12-15-7-5-4-6-13(15)2/h4-10,19H,3,11-12H2,1-2H3. The van der Waals surface area contributed by atoms with Crippen LogP contribution in [0.3, 0.4) is 0 Å². The largest absolute Gasteiger partial charge is 0.313 e. The number of nitrogens with one attached hydrogen (secondary N) is 1. The molecule has 0 fully saturated rings. The summed E-state index contributed by atoms with van der Waals surface area (Å²) in [5.41, 5.74) is 4.14. The summed E-state index contributed by atoms with van der Waals surface area (Å²) in [5, 5.41) is 3.41. The molecule has 0 aliphatic heterocycles. The van der Waals surface area contributed by atoms with E-state index in [0.717, 1.165) is 23.3 Å². The summed E-state index contributed by atoms with van der Waals surface area (Å²) in [7, 11) is 0. The van der Waals surface area contributed by atoms with Crippen LogP contribution in [-0.4, -0.2) is 6.54 Å². The molecule has 2 aromatic carbocycles. The van der Waals surface area contributed by atoms with E-state index in [4.69, 9.17) is 0 Å². The Labute approximate surface area is 134 Å². The minimum atomic E-state index is 0.930. The van der Waals surface area contributed by atoms with Gasteiger partial charge in [-0.1, -0.05) is 53.2 Å². The smallest absolute Gasteiger partial charge is 0.0234 e. The van der Waals surface area contributed by atoms with Crippen LogP contribution >= 0.6 is 27.7 Å². The molecule has 0 saturated heterocycles. The number of halogens is 1. The fourth-order valence-corrected chi connectivity index (χ4v) is 3.68. The molecule has 3 heteroatoms. The van der Waals surface area contributed by atoms with E-state index in [1.165, 1.54) is 21.6 Å². The zero-order valence-electron chi connectivity index (χ0n) is 11.9. The Kier molecular flexibility index (Phi) is 6.14. The highest BCUT2D eigenvalue weighted by Gasteiger charge is 2.05. The normalized spacial score (nSPS) is 10.8. The van der Waals surface area contributed by atoms with E-state index in [-0.39, 0.29) is 0 Å². The van der Waals surface area contributed by atoms with Crippen LogP contribution in [0.5, 0.6) is 0 Å². The SMILES string of the molecule is CCNCc1ccc(Br)cc1SCc1ccccc1C. The lowest BCUT2D eigenvalue weighted by atomic mass is 10.1. The molecule has 0 spiro atoms. The second-order valence-corrected chi connectivity index (χ2v) is 6.68. The average molecular weight is 350 g/mol. The lowest BCUT2D eigenvalue weighted by Gasteiger charge is -2.11. The Hall–Kier alpha value is -0.770. The first-order valence-electron chi connectivity index (χ1n) is 6.87. The summed E-state index contributed by atoms with van der Waals surface area (Å²) in [6.07, 6.45) is 0. The maximum absolute atomic E-state index is 3.57. The topological polar surface area (TPSA) is 12.0 Å². The van der Waals surface area contributed by atoms with Crippen molar-refractivity contribution in [2.75, 3.05) is 6.54 Å². The maximum atomic E-state index is 3.57. The fourth-order valence-electron chi connectivity index (χ4n) is 2.00. The third-order valence-electron chi connectivity index (χ3n) is 3.24. The van der Waals surface area contributed by atoms with Crippen molar-refractivity contribution in [1.29, 1.82) is 0 Å². The molecule has 0 radical (unpaired) electrons. The van der Waals surface area contributed by atoms with Crippen molar-refractivity contribution in [2.24, 2.45) is 0 Å². The van der Waals surface area contributed by atoms with Crippen LogP contribution in [0.4, 0.5) is 0 Å². The summed E-state index contributed by atoms with van der Waals surface area (Å²) in [6, 6.07) is 15.1. The van der Waals surface area contributed by atoms with Crippen LogP contribution in [0.15, 0.2) is 51.8 Å². The van der Waals surface area contributed by atoms with Gasteiger partial charge in [0.25, 0.3) is 0 Å². The monoisotopic (exact) mass is 349 g/mol. The van der Waals surface area contributed by atoms with E-state index in [1.807, 2.05) is 11.8 Å². The molecule has 0 saturated carbocycles. The van der Waals surface area contributed by atoms with E-state index in [9.17, 15) is 0 Å². The average Bonchev–Trinajstić information content (AvgIpc) is 2.45. The molecule has 0 heterocycles. The molecule has 20 heavy (non-hydrogen) atoms. The molecule has 0 amide bonds. The third-order valence-corrected chi connectivity index (χ3v) is 4.88. The van der Waals surface area contributed by atoms with E-state index >= 15 is 0 Å². The van der Waals surface area contributed by atoms with Gasteiger partial charge in [-0.3, -0.25) is 0 Å². The van der Waals surface area contributed by atoms with Crippen molar-refractivity contribution >= 4 is 27.7 Å². The van der Waals surface area contributed by atoms with Crippen molar-refractivity contribution in [3.8, 4) is 0 Å². The molecule has 2 rings (SSSR count). The van der Waals surface area contributed by atoms with Crippen molar-refractivity contribution < 1.29 is 0 Å². The second-order valence-electron chi connectivity index (χ2n) is 4.75. The number of benzene rings is 2. The Morgan fingerprint density at radius 2 is 1.90 bits per heavy atom. The first-order chi connectivity index (χ1) is 9.70. The van der Waals surface area contributed by atoms with Gasteiger partial charge in [0.15, 0.2) is 0 Å². The van der Waals surface area contributed by atoms with Gasteiger partial charge >= 0.3 is 0 Å². The number of thioether (sulfide) groups is 1. The van der Waals surface area contributed by atoms with Crippen LogP contribution < -0.4 is 5.32 Å². The summed E-state index contributed by atoms with van der Waals surface area (Å²) >= 11 is 5.48. The van der Waals surface area contributed by atoms with Gasteiger partial charge in [0.05, 0.1) is 0 Å². The van der Waals surface area contributed by atoms with Gasteiger partial charge in [-0.25, -0.2) is 0 Å². The molecular formula is C17H20BrNS. The van der Waals surface area contributed by atoms with Gasteiger partial charge in [-0.05, 0) is 42.3 Å². The van der Waals surface area contributed by atoms with E-state index in [2.05, 4.69) is 77.6 Å². The van der Waals surface area contributed by atoms with Crippen molar-refractivity contribution in [3.05, 3.63) is 63.6 Å². The van der Waals surface area contributed by atoms with Crippen LogP contribution in [0.2, 0.25) is 0 Å². The van der Waals surface area contributed by atoms with Gasteiger partial charge in [-0.15, -0.1) is 11.8 Å². The predicted molar refractivity (Wildman–Crippen MR) is 92.3 cm³/mol. The minimum absolute atomic E-state index is 0.930. The summed E-state index contributed by atoms with van der Waals surface area (Å²) < 4.78 is 1.14. The number of hydrogen-bond donors (Lipinski definition) is 1. The zero-order valence-corrected chi connectivity index (χ0v) is 14.4. The molecule has 0 aliphatic rings. The quantitative estimate of drug-likeness (QED) is 0.723. The molecule has 0 aliphatic carbocycles. The second kappa shape index (κ2) is 7.87. The number of hydrogen-bond acceptors (Lipinski definition) is 2. The Morgan fingerprint density at radius 3 is 2.65 bits per heavy atom. The summed E-state index contributed by atoms with van der Waals surface area (Å²) in [6.45, 7) is 6.24. The lowest BCUT2D eigenvalue weighted by molar-refractivity contribution is 0.718. The van der Waals surface area contributed by atoms with Crippen LogP contribution in [-0.2, 0) is 12.3 Å². The molecule has 1 nitrogen and oxygen atoms in total. The Balaban J connectivity index is 2.11. The predicted octanol–water partition coefficient (Wildman–Crippen LogP) is 5.16. The van der Waals surface area contributed by atoms with Crippen LogP contribution in [0.25, 0.3) is 0 Å². The van der Waals surface area contributed by atoms with Crippen molar-refractivity contribution in [3.63, 3.8) is 0 Å². The van der Waals surface area contributed by atoms with Gasteiger partial charge in [0.1, 0.15) is 0 Å². The van der Waals surface area contributed by atoms with Gasteiger partial charge < -0.3 is 5.32 Å². The van der Waals surface area contributed by atoms with E-state index in [0.29, 0.717) is 0 Å². The lowest BCUT2D eigenvalue weighted by Crippen LogP contribution is -2.12. The van der Waals surface area contributed by atoms with Crippen LogP contribution in [0.1, 0.15) is 23.6 Å².